The Kier molecular flexibility index (Phi) is 5.35. The van der Waals surface area contributed by atoms with E-state index in [1.54, 1.807) is 12.1 Å². The number of hydrogen-bond acceptors (Lipinski definition) is 4. The fourth-order valence-corrected chi connectivity index (χ4v) is 4.42. The number of aromatic nitrogens is 3. The summed E-state index contributed by atoms with van der Waals surface area (Å²) < 4.78 is 15.6. The second-order valence-electron chi connectivity index (χ2n) is 8.34. The van der Waals surface area contributed by atoms with E-state index in [1.165, 1.54) is 18.6 Å². The first-order chi connectivity index (χ1) is 15.6. The first kappa shape index (κ1) is 20.2. The van der Waals surface area contributed by atoms with Crippen LogP contribution in [0.25, 0.3) is 22.3 Å². The molecule has 1 aromatic carbocycles. The number of nitrogens with zero attached hydrogens (tertiary/aromatic N) is 4. The Bertz CT molecular complexity index is 1240. The van der Waals surface area contributed by atoms with Crippen molar-refractivity contribution in [3.05, 3.63) is 90.7 Å². The van der Waals surface area contributed by atoms with Gasteiger partial charge in [0.25, 0.3) is 0 Å². The number of nitrogens with one attached hydrogen (secondary N) is 1. The molecule has 0 radical (unpaired) electrons. The quantitative estimate of drug-likeness (QED) is 0.601. The van der Waals surface area contributed by atoms with Gasteiger partial charge in [0.2, 0.25) is 5.95 Å². The fraction of sp³-hybridized carbons (Fsp3) is 0.231. The molecular formula is C26H26FN5. The van der Waals surface area contributed by atoms with Crippen LogP contribution < -0.4 is 10.2 Å². The Morgan fingerprint density at radius 2 is 1.78 bits per heavy atom. The molecule has 5 nitrogen and oxygen atoms in total. The van der Waals surface area contributed by atoms with Crippen molar-refractivity contribution in [1.82, 2.24) is 19.9 Å². The molecule has 6 heteroatoms. The summed E-state index contributed by atoms with van der Waals surface area (Å²) in [6, 6.07) is 8.48. The summed E-state index contributed by atoms with van der Waals surface area (Å²) in [4.78, 5) is 6.98. The highest BCUT2D eigenvalue weighted by Gasteiger charge is 2.22. The van der Waals surface area contributed by atoms with Crippen LogP contribution in [0.5, 0.6) is 0 Å². The molecule has 5 rings (SSSR count). The van der Waals surface area contributed by atoms with Crippen molar-refractivity contribution in [2.24, 2.45) is 0 Å². The maximum absolute atomic E-state index is 13.7. The summed E-state index contributed by atoms with van der Waals surface area (Å²) in [5, 5.41) is 8.22. The number of hydrogen-bond donors (Lipinski definition) is 1. The van der Waals surface area contributed by atoms with Crippen molar-refractivity contribution in [3.63, 3.8) is 0 Å². The Morgan fingerprint density at radius 1 is 1.00 bits per heavy atom. The minimum absolute atomic E-state index is 0.268. The van der Waals surface area contributed by atoms with Crippen LogP contribution in [-0.4, -0.2) is 27.7 Å². The van der Waals surface area contributed by atoms with E-state index in [-0.39, 0.29) is 5.82 Å². The van der Waals surface area contributed by atoms with E-state index in [2.05, 4.69) is 34.4 Å². The molecule has 0 amide bonds. The molecule has 0 spiro atoms. The van der Waals surface area contributed by atoms with Gasteiger partial charge in [-0.3, -0.25) is 0 Å². The van der Waals surface area contributed by atoms with Crippen molar-refractivity contribution in [3.8, 4) is 11.3 Å². The van der Waals surface area contributed by atoms with Crippen LogP contribution in [0.2, 0.25) is 0 Å². The van der Waals surface area contributed by atoms with E-state index in [0.717, 1.165) is 71.1 Å². The SMILES string of the molecule is C=C1/C=C(c2c(-c3ccc(F)cc3)nn3c(N4CCCCC4)nccc23)\C=C/NC(=C)C1. The van der Waals surface area contributed by atoms with Crippen LogP contribution in [0.3, 0.4) is 0 Å². The van der Waals surface area contributed by atoms with Gasteiger partial charge in [-0.1, -0.05) is 19.2 Å². The van der Waals surface area contributed by atoms with Crippen LogP contribution in [-0.2, 0) is 0 Å². The number of rotatable bonds is 3. The summed E-state index contributed by atoms with van der Waals surface area (Å²) >= 11 is 0. The number of allylic oxidation sites excluding steroid dienone is 4. The molecule has 0 atom stereocenters. The number of anilines is 1. The lowest BCUT2D eigenvalue weighted by molar-refractivity contribution is 0.562. The Labute approximate surface area is 187 Å². The molecular weight excluding hydrogens is 401 g/mol. The van der Waals surface area contributed by atoms with Crippen molar-refractivity contribution >= 4 is 17.0 Å². The second kappa shape index (κ2) is 8.46. The van der Waals surface area contributed by atoms with Gasteiger partial charge < -0.3 is 10.2 Å². The highest BCUT2D eigenvalue weighted by Crippen LogP contribution is 2.35. The Morgan fingerprint density at radius 3 is 2.56 bits per heavy atom. The zero-order valence-corrected chi connectivity index (χ0v) is 18.0. The fourth-order valence-electron chi connectivity index (χ4n) is 4.42. The highest BCUT2D eigenvalue weighted by atomic mass is 19.1. The third-order valence-corrected chi connectivity index (χ3v) is 5.93. The zero-order chi connectivity index (χ0) is 22.1. The minimum atomic E-state index is -0.268. The number of halogens is 1. The van der Waals surface area contributed by atoms with Crippen molar-refractivity contribution in [2.75, 3.05) is 18.0 Å². The molecule has 3 aromatic rings. The maximum atomic E-state index is 13.7. The van der Waals surface area contributed by atoms with Gasteiger partial charge in [-0.05, 0) is 66.8 Å². The van der Waals surface area contributed by atoms with Gasteiger partial charge in [-0.15, -0.1) is 0 Å². The molecule has 2 aliphatic heterocycles. The number of benzene rings is 1. The van der Waals surface area contributed by atoms with Gasteiger partial charge in [0, 0.05) is 48.7 Å². The van der Waals surface area contributed by atoms with Gasteiger partial charge in [-0.2, -0.15) is 9.61 Å². The normalized spacial score (nSPS) is 19.8. The Hall–Kier alpha value is -3.67. The van der Waals surface area contributed by atoms with Crippen molar-refractivity contribution in [1.29, 1.82) is 0 Å². The topological polar surface area (TPSA) is 45.5 Å². The molecule has 2 aromatic heterocycles. The molecule has 4 heterocycles. The Balaban J connectivity index is 1.74. The first-order valence-electron chi connectivity index (χ1n) is 11.0. The third-order valence-electron chi connectivity index (χ3n) is 5.93. The van der Waals surface area contributed by atoms with E-state index in [9.17, 15) is 4.39 Å². The molecule has 162 valence electrons. The van der Waals surface area contributed by atoms with Crippen LogP contribution >= 0.6 is 0 Å². The molecule has 1 saturated heterocycles. The lowest BCUT2D eigenvalue weighted by Crippen LogP contribution is -2.32. The van der Waals surface area contributed by atoms with Crippen LogP contribution in [0.4, 0.5) is 10.3 Å². The molecule has 2 aliphatic rings. The van der Waals surface area contributed by atoms with E-state index >= 15 is 0 Å². The standard InChI is InChI=1S/C26H26FN5/c1-18-16-19(2)28-12-10-21(17-18)24-23-11-13-29-26(31-14-4-3-5-15-31)32(23)30-25(24)20-6-8-22(27)9-7-20/h6-13,17,28H,1-5,14-16H2/b12-10-,21-17+. The van der Waals surface area contributed by atoms with Crippen LogP contribution in [0.1, 0.15) is 31.2 Å². The molecule has 0 aliphatic carbocycles. The van der Waals surface area contributed by atoms with E-state index in [0.29, 0.717) is 6.42 Å². The summed E-state index contributed by atoms with van der Waals surface area (Å²) in [6.07, 6.45) is 12.1. The average molecular weight is 428 g/mol. The summed E-state index contributed by atoms with van der Waals surface area (Å²) in [7, 11) is 0. The first-order valence-corrected chi connectivity index (χ1v) is 11.0. The monoisotopic (exact) mass is 427 g/mol. The van der Waals surface area contributed by atoms with Gasteiger partial charge in [0.1, 0.15) is 11.5 Å². The highest BCUT2D eigenvalue weighted by molar-refractivity contribution is 5.93. The number of piperidine rings is 1. The maximum Gasteiger partial charge on any atom is 0.227 e. The molecule has 1 N–H and O–H groups in total. The lowest BCUT2D eigenvalue weighted by Gasteiger charge is -2.27. The predicted molar refractivity (Wildman–Crippen MR) is 128 cm³/mol. The van der Waals surface area contributed by atoms with Gasteiger partial charge in [0.05, 0.1) is 5.52 Å². The second-order valence-corrected chi connectivity index (χ2v) is 8.34. The van der Waals surface area contributed by atoms with Crippen molar-refractivity contribution in [2.45, 2.75) is 25.7 Å². The lowest BCUT2D eigenvalue weighted by atomic mass is 9.96. The molecule has 0 unspecified atom stereocenters. The zero-order valence-electron chi connectivity index (χ0n) is 18.0. The van der Waals surface area contributed by atoms with E-state index in [1.807, 2.05) is 29.1 Å². The van der Waals surface area contributed by atoms with E-state index in [4.69, 9.17) is 5.10 Å². The van der Waals surface area contributed by atoms with Crippen LogP contribution in [0.15, 0.2) is 79.3 Å². The average Bonchev–Trinajstić information content (AvgIpc) is 3.18. The smallest absolute Gasteiger partial charge is 0.227 e. The van der Waals surface area contributed by atoms with Crippen LogP contribution in [0, 0.1) is 5.82 Å². The molecule has 1 fully saturated rings. The summed E-state index contributed by atoms with van der Waals surface area (Å²) in [5.41, 5.74) is 6.42. The molecule has 0 saturated carbocycles. The van der Waals surface area contributed by atoms with E-state index < -0.39 is 0 Å². The van der Waals surface area contributed by atoms with Gasteiger partial charge >= 0.3 is 0 Å². The molecule has 0 bridgehead atoms. The third kappa shape index (κ3) is 3.84. The predicted octanol–water partition coefficient (Wildman–Crippen LogP) is 5.49. The van der Waals surface area contributed by atoms with Gasteiger partial charge in [0.15, 0.2) is 0 Å². The van der Waals surface area contributed by atoms with Crippen molar-refractivity contribution < 1.29 is 4.39 Å². The summed E-state index contributed by atoms with van der Waals surface area (Å²) in [5.74, 6) is 0.577. The largest absolute Gasteiger partial charge is 0.365 e. The minimum Gasteiger partial charge on any atom is -0.365 e. The summed E-state index contributed by atoms with van der Waals surface area (Å²) in [6.45, 7) is 10.2. The molecule has 32 heavy (non-hydrogen) atoms. The number of fused-ring (bicyclic) bond motifs is 1. The van der Waals surface area contributed by atoms with Gasteiger partial charge in [-0.25, -0.2) is 9.37 Å².